The number of nitrogens with one attached hydrogen (secondary N) is 2. The van der Waals surface area contributed by atoms with Crippen molar-refractivity contribution in [2.75, 3.05) is 31.7 Å². The monoisotopic (exact) mass is 598 g/mol. The fourth-order valence-corrected chi connectivity index (χ4v) is 6.28. The van der Waals surface area contributed by atoms with E-state index >= 15 is 0 Å². The second-order valence-corrected chi connectivity index (χ2v) is 12.1. The van der Waals surface area contributed by atoms with Crippen LogP contribution in [-0.2, 0) is 31.3 Å². The lowest BCUT2D eigenvalue weighted by Gasteiger charge is -2.38. The molecule has 2 aliphatic carbocycles. The van der Waals surface area contributed by atoms with E-state index in [1.807, 2.05) is 0 Å². The number of anilines is 1. The number of amides is 4. The van der Waals surface area contributed by atoms with Crippen LogP contribution in [0.2, 0.25) is 0 Å². The number of halogens is 3. The highest BCUT2D eigenvalue weighted by Crippen LogP contribution is 2.48. The molecule has 228 valence electrons. The van der Waals surface area contributed by atoms with E-state index in [0.29, 0.717) is 23.9 Å². The average molecular weight is 599 g/mol. The zero-order valence-corrected chi connectivity index (χ0v) is 23.7. The van der Waals surface area contributed by atoms with Gasteiger partial charge in [0.15, 0.2) is 5.78 Å². The first kappa shape index (κ1) is 29.2. The van der Waals surface area contributed by atoms with E-state index in [-0.39, 0.29) is 42.7 Å². The third kappa shape index (κ3) is 5.60. The van der Waals surface area contributed by atoms with Crippen LogP contribution in [0, 0.1) is 17.7 Å². The Labute approximate surface area is 246 Å². The summed E-state index contributed by atoms with van der Waals surface area (Å²) in [7, 11) is 0. The Bertz CT molecular complexity index is 1460. The molecule has 2 heterocycles. The van der Waals surface area contributed by atoms with Crippen molar-refractivity contribution in [3.05, 3.63) is 65.0 Å². The lowest BCUT2D eigenvalue weighted by atomic mass is 9.92. The minimum absolute atomic E-state index is 0.178. The largest absolute Gasteiger partial charge is 0.338 e. The molecule has 2 N–H and O–H groups in total. The Morgan fingerprint density at radius 2 is 1.86 bits per heavy atom. The molecule has 0 aromatic heterocycles. The first-order valence-electron chi connectivity index (χ1n) is 14.5. The predicted octanol–water partition coefficient (Wildman–Crippen LogP) is 4.13. The molecule has 2 aromatic rings. The molecule has 1 spiro atoms. The van der Waals surface area contributed by atoms with Gasteiger partial charge in [0.25, 0.3) is 11.8 Å². The lowest BCUT2D eigenvalue weighted by Crippen LogP contribution is -2.59. The van der Waals surface area contributed by atoms with Crippen molar-refractivity contribution in [3.63, 3.8) is 0 Å². The van der Waals surface area contributed by atoms with Crippen molar-refractivity contribution >= 4 is 29.3 Å². The van der Waals surface area contributed by atoms with Crippen LogP contribution < -0.4 is 10.6 Å². The lowest BCUT2D eigenvalue weighted by molar-refractivity contribution is -0.150. The molecular formula is C31H33F3N4O5. The summed E-state index contributed by atoms with van der Waals surface area (Å²) in [5.41, 5.74) is -0.295. The summed E-state index contributed by atoms with van der Waals surface area (Å²) in [6.07, 6.45) is 2.86. The van der Waals surface area contributed by atoms with Gasteiger partial charge in [-0.1, -0.05) is 25.1 Å². The first-order valence-corrected chi connectivity index (χ1v) is 14.5. The summed E-state index contributed by atoms with van der Waals surface area (Å²) in [6, 6.07) is 9.65. The summed E-state index contributed by atoms with van der Waals surface area (Å²) in [5.74, 6) is -4.82. The highest BCUT2D eigenvalue weighted by Gasteiger charge is 2.61. The highest BCUT2D eigenvalue weighted by molar-refractivity contribution is 6.17. The summed E-state index contributed by atoms with van der Waals surface area (Å²) < 4.78 is 45.8. The van der Waals surface area contributed by atoms with E-state index in [0.717, 1.165) is 16.9 Å². The predicted molar refractivity (Wildman–Crippen MR) is 148 cm³/mol. The summed E-state index contributed by atoms with van der Waals surface area (Å²) >= 11 is 0. The Morgan fingerprint density at radius 3 is 2.49 bits per heavy atom. The number of rotatable bonds is 9. The summed E-state index contributed by atoms with van der Waals surface area (Å²) in [5, 5.41) is 5.11. The van der Waals surface area contributed by atoms with Gasteiger partial charge in [-0.05, 0) is 66.5 Å². The van der Waals surface area contributed by atoms with Gasteiger partial charge in [0, 0.05) is 30.8 Å². The number of nitrogens with zero attached hydrogens (tertiary/aromatic N) is 2. The zero-order valence-electron chi connectivity index (χ0n) is 23.7. The number of hydrogen-bond acceptors (Lipinski definition) is 5. The van der Waals surface area contributed by atoms with Gasteiger partial charge in [-0.25, -0.2) is 18.0 Å². The number of carbonyl (C=O) groups excluding carboxylic acids is 4. The molecule has 2 saturated heterocycles. The fraction of sp³-hybridized carbons (Fsp3) is 0.484. The van der Waals surface area contributed by atoms with Gasteiger partial charge in [0.2, 0.25) is 11.5 Å². The van der Waals surface area contributed by atoms with Crippen molar-refractivity contribution < 1.29 is 37.1 Å². The van der Waals surface area contributed by atoms with Crippen LogP contribution in [0.5, 0.6) is 0 Å². The molecule has 3 atom stereocenters. The van der Waals surface area contributed by atoms with Gasteiger partial charge in [-0.15, -0.1) is 0 Å². The van der Waals surface area contributed by atoms with Gasteiger partial charge in [0.05, 0.1) is 19.0 Å². The van der Waals surface area contributed by atoms with E-state index in [2.05, 4.69) is 17.6 Å². The molecule has 0 bridgehead atoms. The molecule has 4 aliphatic rings. The molecule has 43 heavy (non-hydrogen) atoms. The van der Waals surface area contributed by atoms with Crippen LogP contribution in [0.1, 0.15) is 55.2 Å². The molecule has 2 aliphatic heterocycles. The maximum Gasteiger partial charge on any atom is 0.322 e. The standard InChI is InChI=1S/C31H33F3N4O5/c1-18(20-4-5-20)10-11-37(14-19-2-6-21(32)7-3-19)26(39)13-24-23-12-22(36-29(42)38-15-30(33,34)16-38)8-9-25(23)31(27(24)40)28(41)35-17-43-31/h2-3,6-9,12,18,20,24H,4-5,10-11,13-17H2,1H3,(H,35,41)(H,36,42)/t18-,24?,31-/m0/s1. The smallest absolute Gasteiger partial charge is 0.322 e. The van der Waals surface area contributed by atoms with Gasteiger partial charge < -0.3 is 25.2 Å². The third-order valence-corrected chi connectivity index (χ3v) is 8.99. The average Bonchev–Trinajstić information content (AvgIpc) is 3.70. The van der Waals surface area contributed by atoms with Crippen LogP contribution in [0.15, 0.2) is 42.5 Å². The van der Waals surface area contributed by atoms with Crippen LogP contribution in [0.4, 0.5) is 23.7 Å². The van der Waals surface area contributed by atoms with Gasteiger partial charge >= 0.3 is 6.03 Å². The Morgan fingerprint density at radius 1 is 1.14 bits per heavy atom. The zero-order chi connectivity index (χ0) is 30.5. The van der Waals surface area contributed by atoms with Crippen molar-refractivity contribution in [1.29, 1.82) is 0 Å². The number of fused-ring (bicyclic) bond motifs is 2. The third-order valence-electron chi connectivity index (χ3n) is 8.99. The van der Waals surface area contributed by atoms with Crippen molar-refractivity contribution in [2.24, 2.45) is 11.8 Å². The molecule has 1 saturated carbocycles. The second-order valence-electron chi connectivity index (χ2n) is 12.1. The van der Waals surface area contributed by atoms with Crippen LogP contribution in [0.3, 0.4) is 0 Å². The van der Waals surface area contributed by atoms with Crippen molar-refractivity contribution in [3.8, 4) is 0 Å². The van der Waals surface area contributed by atoms with E-state index in [1.165, 1.54) is 43.2 Å². The quantitative estimate of drug-likeness (QED) is 0.422. The van der Waals surface area contributed by atoms with Crippen LogP contribution in [0.25, 0.3) is 0 Å². The Balaban J connectivity index is 1.26. The summed E-state index contributed by atoms with van der Waals surface area (Å²) in [4.78, 5) is 55.9. The number of alkyl halides is 2. The van der Waals surface area contributed by atoms with Gasteiger partial charge in [-0.3, -0.25) is 14.4 Å². The number of ether oxygens (including phenoxy) is 1. The topological polar surface area (TPSA) is 108 Å². The maximum absolute atomic E-state index is 13.9. The highest BCUT2D eigenvalue weighted by atomic mass is 19.3. The molecule has 0 radical (unpaired) electrons. The number of carbonyl (C=O) groups is 4. The van der Waals surface area contributed by atoms with E-state index < -0.39 is 48.3 Å². The molecule has 12 heteroatoms. The van der Waals surface area contributed by atoms with E-state index in [9.17, 15) is 32.3 Å². The maximum atomic E-state index is 13.9. The van der Waals surface area contributed by atoms with Crippen LogP contribution in [-0.4, -0.2) is 65.7 Å². The minimum Gasteiger partial charge on any atom is -0.338 e. The normalized spacial score (nSPS) is 24.4. The van der Waals surface area contributed by atoms with Gasteiger partial charge in [0.1, 0.15) is 12.5 Å². The number of urea groups is 1. The number of Topliss-reactive ketones (excluding diaryl/α,β-unsaturated/α-hetero) is 1. The van der Waals surface area contributed by atoms with Gasteiger partial charge in [-0.2, -0.15) is 0 Å². The number of hydrogen-bond donors (Lipinski definition) is 2. The molecule has 6 rings (SSSR count). The number of benzene rings is 2. The Kier molecular flexibility index (Phi) is 7.44. The Hall–Kier alpha value is -3.93. The van der Waals surface area contributed by atoms with Crippen LogP contribution >= 0.6 is 0 Å². The molecule has 1 unspecified atom stereocenters. The molecule has 9 nitrogen and oxygen atoms in total. The van der Waals surface area contributed by atoms with Crippen molar-refractivity contribution in [1.82, 2.24) is 15.1 Å². The molecule has 2 aromatic carbocycles. The first-order chi connectivity index (χ1) is 20.5. The van der Waals surface area contributed by atoms with E-state index in [1.54, 1.807) is 17.0 Å². The number of ketones is 1. The van der Waals surface area contributed by atoms with Crippen molar-refractivity contribution in [2.45, 2.75) is 56.6 Å². The van der Waals surface area contributed by atoms with E-state index in [4.69, 9.17) is 4.74 Å². The number of likely N-dealkylation sites (tertiary alicyclic amines) is 1. The second kappa shape index (κ2) is 11.0. The molecule has 4 amide bonds. The summed E-state index contributed by atoms with van der Waals surface area (Å²) in [6.45, 7) is 1.26. The SMILES string of the molecule is C[C@@H](CCN(Cc1ccc(F)cc1)C(=O)CC1C(=O)[C@@]2(OCNC2=O)c2ccc(NC(=O)N3CC(F)(F)C3)cc21)C1CC1. The molecule has 3 fully saturated rings. The fourth-order valence-electron chi connectivity index (χ4n) is 6.28. The molecular weight excluding hydrogens is 565 g/mol. The minimum atomic E-state index is -2.93.